The number of rotatable bonds is 10. The largest absolute Gasteiger partial charge is 0.491 e. The lowest BCUT2D eigenvalue weighted by atomic mass is 9.68. The Morgan fingerprint density at radius 1 is 1.06 bits per heavy atom. The van der Waals surface area contributed by atoms with E-state index in [0.29, 0.717) is 24.7 Å². The average molecular weight is 489 g/mol. The first-order valence-electron chi connectivity index (χ1n) is 12.6. The van der Waals surface area contributed by atoms with Crippen LogP contribution in [0.4, 0.5) is 22.0 Å². The molecular weight excluding hydrogens is 451 g/mol. The van der Waals surface area contributed by atoms with E-state index in [1.807, 2.05) is 6.08 Å². The van der Waals surface area contributed by atoms with Crippen molar-refractivity contribution in [3.8, 4) is 11.5 Å². The van der Waals surface area contributed by atoms with Gasteiger partial charge in [0.2, 0.25) is 0 Å². The average Bonchev–Trinajstić information content (AvgIpc) is 2.81. The molecule has 1 aromatic carbocycles. The first-order valence-corrected chi connectivity index (χ1v) is 12.6. The Kier molecular flexibility index (Phi) is 9.27. The third-order valence-corrected chi connectivity index (χ3v) is 7.74. The van der Waals surface area contributed by atoms with Crippen LogP contribution in [0.15, 0.2) is 18.7 Å². The molecule has 0 atom stereocenters. The van der Waals surface area contributed by atoms with Gasteiger partial charge in [-0.25, -0.2) is 13.2 Å². The topological polar surface area (TPSA) is 18.5 Å². The number of halogens is 5. The molecule has 2 saturated carbocycles. The van der Waals surface area contributed by atoms with Gasteiger partial charge in [0.15, 0.2) is 11.6 Å². The number of ether oxygens (including phenoxy) is 2. The van der Waals surface area contributed by atoms with Gasteiger partial charge in [-0.1, -0.05) is 18.9 Å². The van der Waals surface area contributed by atoms with Crippen LogP contribution in [0.2, 0.25) is 0 Å². The fourth-order valence-electron chi connectivity index (χ4n) is 5.81. The van der Waals surface area contributed by atoms with Crippen LogP contribution in [0.25, 0.3) is 0 Å². The first-order chi connectivity index (χ1) is 16.2. The Morgan fingerprint density at radius 2 is 1.65 bits per heavy atom. The molecule has 2 nitrogen and oxygen atoms in total. The quantitative estimate of drug-likeness (QED) is 0.242. The van der Waals surface area contributed by atoms with Crippen LogP contribution in [-0.2, 0) is 0 Å². The normalized spacial score (nSPS) is 25.9. The fraction of sp³-hybridized carbons (Fsp3) is 0.704. The Labute approximate surface area is 199 Å². The predicted octanol–water partition coefficient (Wildman–Crippen LogP) is 9.02. The minimum atomic E-state index is -3.65. The zero-order valence-corrected chi connectivity index (χ0v) is 20.2. The molecule has 34 heavy (non-hydrogen) atoms. The van der Waals surface area contributed by atoms with Crippen molar-refractivity contribution in [2.75, 3.05) is 6.61 Å². The van der Waals surface area contributed by atoms with Crippen molar-refractivity contribution in [3.63, 3.8) is 0 Å². The molecule has 2 aliphatic carbocycles. The highest BCUT2D eigenvalue weighted by molar-refractivity contribution is 5.49. The molecule has 0 aromatic heterocycles. The molecule has 0 heterocycles. The van der Waals surface area contributed by atoms with E-state index in [0.717, 1.165) is 31.2 Å². The summed E-state index contributed by atoms with van der Waals surface area (Å²) in [6.45, 7) is 6.78. The van der Waals surface area contributed by atoms with Crippen LogP contribution in [-0.4, -0.2) is 12.7 Å². The minimum absolute atomic E-state index is 0.00160. The van der Waals surface area contributed by atoms with Crippen LogP contribution >= 0.6 is 0 Å². The van der Waals surface area contributed by atoms with E-state index in [9.17, 15) is 13.2 Å². The molecule has 0 unspecified atom stereocenters. The Balaban J connectivity index is 1.63. The summed E-state index contributed by atoms with van der Waals surface area (Å²) >= 11 is 0. The standard InChI is InChI=1S/C27H37F5O2/c1-4-6-7-18-8-10-19(11-9-18)20-12-14-21(15-13-20)27(31,32)34-25-17(3)16-22(33-5-2)24(28)23(25)26(29)30/h4,16,18-21,26H,1,5-15H2,2-3H3. The van der Waals surface area contributed by atoms with Crippen molar-refractivity contribution in [1.82, 2.24) is 0 Å². The van der Waals surface area contributed by atoms with Gasteiger partial charge in [0.05, 0.1) is 18.1 Å². The van der Waals surface area contributed by atoms with Gasteiger partial charge in [-0.05, 0) is 94.6 Å². The van der Waals surface area contributed by atoms with Crippen LogP contribution in [0.1, 0.15) is 88.7 Å². The highest BCUT2D eigenvalue weighted by atomic mass is 19.3. The van der Waals surface area contributed by atoms with Gasteiger partial charge in [0.25, 0.3) is 6.43 Å². The number of hydrogen-bond donors (Lipinski definition) is 0. The van der Waals surface area contributed by atoms with E-state index >= 15 is 8.78 Å². The van der Waals surface area contributed by atoms with Gasteiger partial charge in [0.1, 0.15) is 5.75 Å². The maximum Gasteiger partial charge on any atom is 0.400 e. The summed E-state index contributed by atoms with van der Waals surface area (Å²) in [6, 6.07) is 1.14. The Morgan fingerprint density at radius 3 is 2.18 bits per heavy atom. The highest BCUT2D eigenvalue weighted by Crippen LogP contribution is 2.48. The van der Waals surface area contributed by atoms with E-state index < -0.39 is 35.6 Å². The molecule has 0 N–H and O–H groups in total. The lowest BCUT2D eigenvalue weighted by Gasteiger charge is -2.39. The molecule has 0 saturated heterocycles. The molecule has 7 heteroatoms. The summed E-state index contributed by atoms with van der Waals surface area (Å²) in [6.07, 6.45) is 3.82. The zero-order valence-electron chi connectivity index (χ0n) is 20.2. The lowest BCUT2D eigenvalue weighted by molar-refractivity contribution is -0.225. The molecule has 0 radical (unpaired) electrons. The first kappa shape index (κ1) is 26.8. The molecule has 0 spiro atoms. The summed E-state index contributed by atoms with van der Waals surface area (Å²) in [5, 5.41) is 0. The SMILES string of the molecule is C=CCCC1CCC(C2CCC(C(F)(F)Oc3c(C)cc(OCC)c(F)c3C(F)F)CC2)CC1. The van der Waals surface area contributed by atoms with Crippen molar-refractivity contribution < 1.29 is 31.4 Å². The summed E-state index contributed by atoms with van der Waals surface area (Å²) in [5.41, 5.74) is -1.16. The monoisotopic (exact) mass is 488 g/mol. The fourth-order valence-corrected chi connectivity index (χ4v) is 5.81. The maximum absolute atomic E-state index is 15.1. The van der Waals surface area contributed by atoms with E-state index in [-0.39, 0.29) is 30.8 Å². The van der Waals surface area contributed by atoms with Gasteiger partial charge in [-0.15, -0.1) is 6.58 Å². The molecule has 2 aliphatic rings. The number of benzene rings is 1. The maximum atomic E-state index is 15.1. The van der Waals surface area contributed by atoms with Crippen molar-refractivity contribution in [3.05, 3.63) is 35.7 Å². The van der Waals surface area contributed by atoms with Crippen LogP contribution < -0.4 is 9.47 Å². The molecular formula is C27H37F5O2. The Bertz CT molecular complexity index is 810. The minimum Gasteiger partial charge on any atom is -0.491 e. The number of hydrogen-bond acceptors (Lipinski definition) is 2. The molecule has 1 aromatic rings. The van der Waals surface area contributed by atoms with Crippen molar-refractivity contribution in [1.29, 1.82) is 0 Å². The van der Waals surface area contributed by atoms with E-state index in [1.54, 1.807) is 6.92 Å². The third-order valence-electron chi connectivity index (χ3n) is 7.74. The highest BCUT2D eigenvalue weighted by Gasteiger charge is 2.46. The van der Waals surface area contributed by atoms with Gasteiger partial charge in [0, 0.05) is 0 Å². The smallest absolute Gasteiger partial charge is 0.400 e. The van der Waals surface area contributed by atoms with Crippen LogP contribution in [0.5, 0.6) is 11.5 Å². The second-order valence-corrected chi connectivity index (χ2v) is 9.90. The summed E-state index contributed by atoms with van der Waals surface area (Å²) in [5.74, 6) is -1.85. The van der Waals surface area contributed by atoms with Crippen molar-refractivity contribution in [2.24, 2.45) is 23.7 Å². The second-order valence-electron chi connectivity index (χ2n) is 9.90. The van der Waals surface area contributed by atoms with Gasteiger partial charge in [-0.2, -0.15) is 8.78 Å². The summed E-state index contributed by atoms with van der Waals surface area (Å²) in [7, 11) is 0. The Hall–Kier alpha value is -1.79. The molecule has 192 valence electrons. The molecule has 0 amide bonds. The van der Waals surface area contributed by atoms with Gasteiger partial charge in [-0.3, -0.25) is 0 Å². The second kappa shape index (κ2) is 11.8. The molecule has 3 rings (SSSR count). The van der Waals surface area contributed by atoms with Crippen molar-refractivity contribution >= 4 is 0 Å². The number of allylic oxidation sites excluding steroid dienone is 1. The summed E-state index contributed by atoms with van der Waals surface area (Å²) in [4.78, 5) is 0. The molecule has 0 bridgehead atoms. The molecule has 2 fully saturated rings. The lowest BCUT2D eigenvalue weighted by Crippen LogP contribution is -2.39. The number of alkyl halides is 4. The van der Waals surface area contributed by atoms with Gasteiger partial charge < -0.3 is 9.47 Å². The zero-order chi connectivity index (χ0) is 24.9. The van der Waals surface area contributed by atoms with E-state index in [2.05, 4.69) is 6.58 Å². The van der Waals surface area contributed by atoms with E-state index in [1.165, 1.54) is 26.2 Å². The number of aryl methyl sites for hydroxylation is 1. The molecule has 0 aliphatic heterocycles. The van der Waals surface area contributed by atoms with E-state index in [4.69, 9.17) is 9.47 Å². The predicted molar refractivity (Wildman–Crippen MR) is 123 cm³/mol. The van der Waals surface area contributed by atoms with Gasteiger partial charge >= 0.3 is 6.11 Å². The summed E-state index contributed by atoms with van der Waals surface area (Å²) < 4.78 is 82.0. The van der Waals surface area contributed by atoms with Crippen LogP contribution in [0.3, 0.4) is 0 Å². The van der Waals surface area contributed by atoms with Crippen molar-refractivity contribution in [2.45, 2.75) is 90.6 Å². The van der Waals surface area contributed by atoms with Crippen LogP contribution in [0, 0.1) is 36.4 Å². The third kappa shape index (κ3) is 6.25.